The molecule has 4 heteroatoms. The molecule has 2 aromatic rings. The summed E-state index contributed by atoms with van der Waals surface area (Å²) in [4.78, 5) is 4.03. The molecule has 2 aromatic heterocycles. The van der Waals surface area contributed by atoms with Crippen LogP contribution in [-0.2, 0) is 0 Å². The van der Waals surface area contributed by atoms with E-state index >= 15 is 0 Å². The molecule has 0 aliphatic carbocycles. The topological polar surface area (TPSA) is 46.3 Å². The largest absolute Gasteiger partial charge is 0.469 e. The summed E-state index contributed by atoms with van der Waals surface area (Å²) in [5, 5.41) is 11.6. The minimum absolute atomic E-state index is 0.663. The monoisotopic (exact) mass is 195 g/mol. The van der Waals surface area contributed by atoms with Crippen LogP contribution in [0.4, 0.5) is 0 Å². The van der Waals surface area contributed by atoms with Gasteiger partial charge >= 0.3 is 0 Å². The molecule has 0 bridgehead atoms. The molecule has 0 amide bonds. The fourth-order valence-corrected chi connectivity index (χ4v) is 1.71. The molecule has 0 saturated carbocycles. The molecule has 3 nitrogen and oxygen atoms in total. The van der Waals surface area contributed by atoms with Gasteiger partial charge in [-0.2, -0.15) is 0 Å². The van der Waals surface area contributed by atoms with Crippen LogP contribution in [0.15, 0.2) is 27.6 Å². The number of aromatic nitrogens is 1. The fraction of sp³-hybridized carbons (Fsp3) is 0.222. The maximum atomic E-state index is 9.78. The Balaban J connectivity index is 2.28. The summed E-state index contributed by atoms with van der Waals surface area (Å²) < 4.78 is 5.10. The highest BCUT2D eigenvalue weighted by atomic mass is 32.1. The average Bonchev–Trinajstić information content (AvgIpc) is 2.72. The Morgan fingerprint density at radius 2 is 2.46 bits per heavy atom. The molecule has 13 heavy (non-hydrogen) atoms. The van der Waals surface area contributed by atoms with Crippen LogP contribution < -0.4 is 0 Å². The van der Waals surface area contributed by atoms with Crippen molar-refractivity contribution in [2.45, 2.75) is 13.0 Å². The summed E-state index contributed by atoms with van der Waals surface area (Å²) in [5.41, 5.74) is 3.13. The van der Waals surface area contributed by atoms with Crippen LogP contribution in [0.2, 0.25) is 0 Å². The van der Waals surface area contributed by atoms with Crippen molar-refractivity contribution in [2.24, 2.45) is 0 Å². The lowest BCUT2D eigenvalue weighted by atomic mass is 10.1. The summed E-state index contributed by atoms with van der Waals surface area (Å²) in [5.74, 6) is 0.796. The minimum Gasteiger partial charge on any atom is -0.469 e. The first-order chi connectivity index (χ1) is 6.27. The number of thiazole rings is 1. The third kappa shape index (κ3) is 1.64. The van der Waals surface area contributed by atoms with Gasteiger partial charge in [-0.05, 0) is 13.0 Å². The first kappa shape index (κ1) is 8.47. The van der Waals surface area contributed by atoms with E-state index in [4.69, 9.17) is 4.42 Å². The highest BCUT2D eigenvalue weighted by molar-refractivity contribution is 7.07. The normalized spacial score (nSPS) is 13.1. The van der Waals surface area contributed by atoms with Gasteiger partial charge in [0, 0.05) is 10.9 Å². The van der Waals surface area contributed by atoms with Crippen LogP contribution in [0, 0.1) is 6.92 Å². The van der Waals surface area contributed by atoms with Crippen molar-refractivity contribution < 1.29 is 9.52 Å². The molecule has 0 aliphatic heterocycles. The van der Waals surface area contributed by atoms with Gasteiger partial charge in [0.1, 0.15) is 11.9 Å². The van der Waals surface area contributed by atoms with Gasteiger partial charge in [-0.25, -0.2) is 4.98 Å². The summed E-state index contributed by atoms with van der Waals surface area (Å²) in [7, 11) is 0. The lowest BCUT2D eigenvalue weighted by Crippen LogP contribution is -1.97. The van der Waals surface area contributed by atoms with E-state index in [0.717, 1.165) is 11.3 Å². The number of aliphatic hydroxyl groups is 1. The Labute approximate surface area is 79.7 Å². The maximum Gasteiger partial charge on any atom is 0.125 e. The third-order valence-corrected chi connectivity index (χ3v) is 2.40. The minimum atomic E-state index is -0.663. The predicted molar refractivity (Wildman–Crippen MR) is 49.6 cm³/mol. The standard InChI is InChI=1S/C9H9NO2S/c1-6-2-7(3-12-6)9(11)8-4-13-5-10-8/h2-5,9,11H,1H3. The lowest BCUT2D eigenvalue weighted by Gasteiger charge is -2.02. The first-order valence-electron chi connectivity index (χ1n) is 3.88. The van der Waals surface area contributed by atoms with E-state index in [1.807, 2.05) is 18.4 Å². The fourth-order valence-electron chi connectivity index (χ4n) is 1.13. The van der Waals surface area contributed by atoms with Gasteiger partial charge in [0.05, 0.1) is 17.5 Å². The Kier molecular flexibility index (Phi) is 2.16. The van der Waals surface area contributed by atoms with Crippen LogP contribution in [0.5, 0.6) is 0 Å². The second-order valence-corrected chi connectivity index (χ2v) is 3.53. The molecule has 68 valence electrons. The van der Waals surface area contributed by atoms with E-state index in [2.05, 4.69) is 4.98 Å². The van der Waals surface area contributed by atoms with Crippen LogP contribution in [0.25, 0.3) is 0 Å². The number of hydrogen-bond donors (Lipinski definition) is 1. The predicted octanol–water partition coefficient (Wildman–Crippen LogP) is 2.13. The van der Waals surface area contributed by atoms with Crippen molar-refractivity contribution in [1.29, 1.82) is 0 Å². The summed E-state index contributed by atoms with van der Waals surface area (Å²) in [6, 6.07) is 1.81. The van der Waals surface area contributed by atoms with Crippen LogP contribution in [0.1, 0.15) is 23.1 Å². The van der Waals surface area contributed by atoms with Gasteiger partial charge in [0.15, 0.2) is 0 Å². The zero-order valence-electron chi connectivity index (χ0n) is 7.10. The molecule has 0 fully saturated rings. The lowest BCUT2D eigenvalue weighted by molar-refractivity contribution is 0.215. The Morgan fingerprint density at radius 3 is 3.00 bits per heavy atom. The van der Waals surface area contributed by atoms with Crippen molar-refractivity contribution in [3.8, 4) is 0 Å². The molecular weight excluding hydrogens is 186 g/mol. The molecule has 1 N–H and O–H groups in total. The number of nitrogens with zero attached hydrogens (tertiary/aromatic N) is 1. The first-order valence-corrected chi connectivity index (χ1v) is 4.83. The van der Waals surface area contributed by atoms with Crippen LogP contribution in [-0.4, -0.2) is 10.1 Å². The number of hydrogen-bond acceptors (Lipinski definition) is 4. The summed E-state index contributed by atoms with van der Waals surface area (Å²) in [6.07, 6.45) is 0.892. The smallest absolute Gasteiger partial charge is 0.125 e. The zero-order valence-corrected chi connectivity index (χ0v) is 7.91. The van der Waals surface area contributed by atoms with E-state index in [-0.39, 0.29) is 0 Å². The van der Waals surface area contributed by atoms with Crippen LogP contribution >= 0.6 is 11.3 Å². The van der Waals surface area contributed by atoms with Crippen molar-refractivity contribution in [3.05, 3.63) is 40.2 Å². The average molecular weight is 195 g/mol. The number of furan rings is 1. The molecule has 2 heterocycles. The summed E-state index contributed by atoms with van der Waals surface area (Å²) >= 11 is 1.47. The van der Waals surface area contributed by atoms with Crippen molar-refractivity contribution in [3.63, 3.8) is 0 Å². The Bertz CT molecular complexity index is 380. The van der Waals surface area contributed by atoms with Crippen molar-refractivity contribution >= 4 is 11.3 Å². The third-order valence-electron chi connectivity index (χ3n) is 1.80. The van der Waals surface area contributed by atoms with Gasteiger partial charge in [0.25, 0.3) is 0 Å². The van der Waals surface area contributed by atoms with Gasteiger partial charge < -0.3 is 9.52 Å². The van der Waals surface area contributed by atoms with Gasteiger partial charge in [-0.3, -0.25) is 0 Å². The van der Waals surface area contributed by atoms with Gasteiger partial charge in [-0.1, -0.05) is 0 Å². The molecule has 2 rings (SSSR count). The molecule has 0 aromatic carbocycles. The van der Waals surface area contributed by atoms with E-state index in [1.165, 1.54) is 11.3 Å². The van der Waals surface area contributed by atoms with Crippen LogP contribution in [0.3, 0.4) is 0 Å². The number of aliphatic hydroxyl groups excluding tert-OH is 1. The van der Waals surface area contributed by atoms with Crippen molar-refractivity contribution in [1.82, 2.24) is 4.98 Å². The second-order valence-electron chi connectivity index (χ2n) is 2.81. The summed E-state index contributed by atoms with van der Waals surface area (Å²) in [6.45, 7) is 1.84. The van der Waals surface area contributed by atoms with Gasteiger partial charge in [0.2, 0.25) is 0 Å². The molecule has 0 spiro atoms. The number of rotatable bonds is 2. The quantitative estimate of drug-likeness (QED) is 0.798. The number of aryl methyl sites for hydroxylation is 1. The SMILES string of the molecule is Cc1cc(C(O)c2cscn2)co1. The van der Waals surface area contributed by atoms with E-state index in [1.54, 1.807) is 11.8 Å². The molecule has 0 radical (unpaired) electrons. The van der Waals surface area contributed by atoms with E-state index in [0.29, 0.717) is 5.69 Å². The highest BCUT2D eigenvalue weighted by Crippen LogP contribution is 2.22. The van der Waals surface area contributed by atoms with Crippen molar-refractivity contribution in [2.75, 3.05) is 0 Å². The molecule has 0 aliphatic rings. The highest BCUT2D eigenvalue weighted by Gasteiger charge is 2.13. The molecule has 1 unspecified atom stereocenters. The van der Waals surface area contributed by atoms with E-state index in [9.17, 15) is 5.11 Å². The second kappa shape index (κ2) is 3.32. The molecule has 1 atom stereocenters. The zero-order chi connectivity index (χ0) is 9.26. The molecule has 0 saturated heterocycles. The maximum absolute atomic E-state index is 9.78. The van der Waals surface area contributed by atoms with E-state index < -0.39 is 6.10 Å². The Hall–Kier alpha value is -1.13. The Morgan fingerprint density at radius 1 is 1.62 bits per heavy atom. The van der Waals surface area contributed by atoms with Gasteiger partial charge in [-0.15, -0.1) is 11.3 Å². The molecular formula is C9H9NO2S.